The van der Waals surface area contributed by atoms with E-state index >= 15 is 0 Å². The number of rotatable bonds is 5. The van der Waals surface area contributed by atoms with E-state index in [4.69, 9.17) is 15.3 Å². The number of hydrogen-bond acceptors (Lipinski definition) is 6. The minimum absolute atomic E-state index is 0.0457. The van der Waals surface area contributed by atoms with E-state index in [2.05, 4.69) is 15.8 Å². The van der Waals surface area contributed by atoms with Crippen LogP contribution >= 0.6 is 22.7 Å². The summed E-state index contributed by atoms with van der Waals surface area (Å²) in [6.45, 7) is -0.516. The van der Waals surface area contributed by atoms with Crippen molar-refractivity contribution in [1.29, 1.82) is 0 Å². The Morgan fingerprint density at radius 3 is 2.40 bits per heavy atom. The highest BCUT2D eigenvalue weighted by Crippen LogP contribution is 2.07. The SMILES string of the molecule is OC[C@H](O)[C@@H](O)COSS. The third kappa shape index (κ3) is 4.37. The van der Waals surface area contributed by atoms with Crippen LogP contribution in [0.5, 0.6) is 0 Å². The summed E-state index contributed by atoms with van der Waals surface area (Å²) in [5.41, 5.74) is 0. The zero-order chi connectivity index (χ0) is 7.98. The minimum atomic E-state index is -1.14. The largest absolute Gasteiger partial charge is 0.394 e. The van der Waals surface area contributed by atoms with Crippen molar-refractivity contribution in [3.8, 4) is 0 Å². The van der Waals surface area contributed by atoms with Crippen molar-refractivity contribution in [1.82, 2.24) is 0 Å². The van der Waals surface area contributed by atoms with Gasteiger partial charge in [0.15, 0.2) is 0 Å². The van der Waals surface area contributed by atoms with Gasteiger partial charge >= 0.3 is 0 Å². The molecule has 6 heteroatoms. The topological polar surface area (TPSA) is 69.9 Å². The Morgan fingerprint density at radius 1 is 1.40 bits per heavy atom. The van der Waals surface area contributed by atoms with Gasteiger partial charge in [0, 0.05) is 0 Å². The third-order valence-corrected chi connectivity index (χ3v) is 1.48. The normalized spacial score (nSPS) is 16.8. The first-order valence-corrected chi connectivity index (χ1v) is 4.41. The Balaban J connectivity index is 3.31. The maximum atomic E-state index is 8.87. The Kier molecular flexibility index (Phi) is 6.60. The van der Waals surface area contributed by atoms with Crippen molar-refractivity contribution in [2.45, 2.75) is 12.2 Å². The lowest BCUT2D eigenvalue weighted by Crippen LogP contribution is -2.32. The summed E-state index contributed by atoms with van der Waals surface area (Å²) in [7, 11) is 0. The fraction of sp³-hybridized carbons (Fsp3) is 1.00. The predicted octanol–water partition coefficient (Wildman–Crippen LogP) is -0.790. The zero-order valence-electron chi connectivity index (χ0n) is 5.17. The van der Waals surface area contributed by atoms with Crippen molar-refractivity contribution >= 4 is 22.7 Å². The molecule has 0 unspecified atom stereocenters. The van der Waals surface area contributed by atoms with Crippen LogP contribution in [0, 0.1) is 0 Å². The second kappa shape index (κ2) is 6.26. The molecule has 0 aromatic carbocycles. The molecular weight excluding hydrogens is 176 g/mol. The Bertz CT molecular complexity index is 81.7. The molecule has 62 valence electrons. The van der Waals surface area contributed by atoms with E-state index in [1.54, 1.807) is 0 Å². The van der Waals surface area contributed by atoms with Crippen molar-refractivity contribution in [3.05, 3.63) is 0 Å². The van der Waals surface area contributed by atoms with Gasteiger partial charge in [-0.3, -0.25) is 0 Å². The Morgan fingerprint density at radius 2 is 2.00 bits per heavy atom. The highest BCUT2D eigenvalue weighted by Gasteiger charge is 2.14. The maximum absolute atomic E-state index is 8.87. The predicted molar refractivity (Wildman–Crippen MR) is 41.6 cm³/mol. The summed E-state index contributed by atoms with van der Waals surface area (Å²) < 4.78 is 4.58. The first-order chi connectivity index (χ1) is 4.72. The lowest BCUT2D eigenvalue weighted by atomic mass is 10.2. The van der Waals surface area contributed by atoms with Gasteiger partial charge in [0.1, 0.15) is 12.2 Å². The molecule has 0 saturated heterocycles. The number of hydrogen-bond donors (Lipinski definition) is 4. The molecule has 0 aromatic heterocycles. The summed E-state index contributed by atoms with van der Waals surface area (Å²) >= 11 is 4.43. The van der Waals surface area contributed by atoms with E-state index < -0.39 is 18.8 Å². The average Bonchev–Trinajstić information content (AvgIpc) is 1.98. The molecule has 2 atom stereocenters. The molecule has 0 aliphatic rings. The number of thiol groups is 1. The average molecular weight is 186 g/mol. The molecule has 0 heterocycles. The summed E-state index contributed by atoms with van der Waals surface area (Å²) in [6, 6.07) is 0. The van der Waals surface area contributed by atoms with Gasteiger partial charge in [-0.15, -0.1) is 0 Å². The van der Waals surface area contributed by atoms with E-state index in [1.807, 2.05) is 0 Å². The summed E-state index contributed by atoms with van der Waals surface area (Å²) in [5.74, 6) is 0. The van der Waals surface area contributed by atoms with Gasteiger partial charge in [-0.05, 0) is 0 Å². The lowest BCUT2D eigenvalue weighted by molar-refractivity contribution is -0.0306. The quantitative estimate of drug-likeness (QED) is 0.257. The highest BCUT2D eigenvalue weighted by molar-refractivity contribution is 8.66. The molecule has 0 amide bonds. The van der Waals surface area contributed by atoms with Gasteiger partial charge in [-0.25, -0.2) is 0 Å². The van der Waals surface area contributed by atoms with Gasteiger partial charge in [0.25, 0.3) is 0 Å². The van der Waals surface area contributed by atoms with Crippen LogP contribution in [0.15, 0.2) is 0 Å². The molecule has 0 saturated carbocycles. The summed E-state index contributed by atoms with van der Waals surface area (Å²) in [6.07, 6.45) is -2.19. The lowest BCUT2D eigenvalue weighted by Gasteiger charge is -2.13. The molecule has 0 fully saturated rings. The van der Waals surface area contributed by atoms with E-state index in [1.165, 1.54) is 0 Å². The van der Waals surface area contributed by atoms with E-state index in [0.717, 1.165) is 11.1 Å². The Labute approximate surface area is 68.2 Å². The van der Waals surface area contributed by atoms with Gasteiger partial charge in [-0.2, -0.15) is 0 Å². The molecule has 0 rings (SSSR count). The molecule has 0 radical (unpaired) electrons. The van der Waals surface area contributed by atoms with Crippen LogP contribution in [0.4, 0.5) is 0 Å². The summed E-state index contributed by atoms with van der Waals surface area (Å²) in [5, 5.41) is 25.9. The summed E-state index contributed by atoms with van der Waals surface area (Å²) in [4.78, 5) is 0. The van der Waals surface area contributed by atoms with E-state index in [9.17, 15) is 0 Å². The smallest absolute Gasteiger partial charge is 0.107 e. The van der Waals surface area contributed by atoms with E-state index in [-0.39, 0.29) is 6.61 Å². The van der Waals surface area contributed by atoms with Crippen LogP contribution < -0.4 is 0 Å². The van der Waals surface area contributed by atoms with Crippen LogP contribution in [-0.2, 0) is 4.18 Å². The fourth-order valence-corrected chi connectivity index (χ4v) is 0.716. The van der Waals surface area contributed by atoms with Crippen LogP contribution in [-0.4, -0.2) is 40.7 Å². The second-order valence-corrected chi connectivity index (χ2v) is 2.51. The number of aliphatic hydroxyl groups excluding tert-OH is 3. The molecule has 10 heavy (non-hydrogen) atoms. The van der Waals surface area contributed by atoms with Crippen molar-refractivity contribution in [2.75, 3.05) is 13.2 Å². The standard InChI is InChI=1S/C4H10O4S2/c5-1-3(6)4(7)2-8-10-9/h3-7,9H,1-2H2/t3-,4-/m0/s1. The monoisotopic (exact) mass is 186 g/mol. The molecule has 4 nitrogen and oxygen atoms in total. The molecule has 0 spiro atoms. The molecule has 0 aromatic rings. The molecule has 0 aliphatic heterocycles. The highest BCUT2D eigenvalue weighted by atomic mass is 33.1. The van der Waals surface area contributed by atoms with Crippen LogP contribution in [0.3, 0.4) is 0 Å². The second-order valence-electron chi connectivity index (χ2n) is 1.68. The van der Waals surface area contributed by atoms with E-state index in [0.29, 0.717) is 0 Å². The maximum Gasteiger partial charge on any atom is 0.107 e. The fourth-order valence-electron chi connectivity index (χ4n) is 0.333. The van der Waals surface area contributed by atoms with Crippen molar-refractivity contribution in [3.63, 3.8) is 0 Å². The molecule has 0 bridgehead atoms. The van der Waals surface area contributed by atoms with Gasteiger partial charge < -0.3 is 19.5 Å². The molecular formula is C4H10O4S2. The first-order valence-electron chi connectivity index (χ1n) is 2.62. The zero-order valence-corrected chi connectivity index (χ0v) is 6.89. The van der Waals surface area contributed by atoms with Crippen molar-refractivity contribution < 1.29 is 19.5 Å². The van der Waals surface area contributed by atoms with Crippen LogP contribution in [0.2, 0.25) is 0 Å². The van der Waals surface area contributed by atoms with Crippen molar-refractivity contribution in [2.24, 2.45) is 0 Å². The Hall–Kier alpha value is 0.540. The number of aliphatic hydroxyl groups is 3. The minimum Gasteiger partial charge on any atom is -0.394 e. The molecule has 3 N–H and O–H groups in total. The van der Waals surface area contributed by atoms with Gasteiger partial charge in [0.05, 0.1) is 24.3 Å². The molecule has 0 aliphatic carbocycles. The van der Waals surface area contributed by atoms with Gasteiger partial charge in [-0.1, -0.05) is 11.7 Å². The van der Waals surface area contributed by atoms with Crippen LogP contribution in [0.25, 0.3) is 0 Å². The van der Waals surface area contributed by atoms with Gasteiger partial charge in [0.2, 0.25) is 0 Å². The first kappa shape index (κ1) is 10.5. The third-order valence-electron chi connectivity index (χ3n) is 0.923. The van der Waals surface area contributed by atoms with Crippen LogP contribution in [0.1, 0.15) is 0 Å².